The van der Waals surface area contributed by atoms with Crippen LogP contribution in [0.3, 0.4) is 0 Å². The number of pyridine rings is 1. The number of primary amides is 1. The van der Waals surface area contributed by atoms with Crippen LogP contribution in [0.4, 0.5) is 0 Å². The minimum Gasteiger partial charge on any atom is -0.364 e. The second-order valence-electron chi connectivity index (χ2n) is 3.84. The van der Waals surface area contributed by atoms with Crippen molar-refractivity contribution in [2.75, 3.05) is 13.1 Å². The Morgan fingerprint density at radius 1 is 1.29 bits per heavy atom. The lowest BCUT2D eigenvalue weighted by atomic mass is 9.94. The standard InChI is InChI=1S/C11H15N3O.2ClH/c12-11(15)10-3-1-2-9(14-10)8-4-6-13-7-5-8;;/h1-3,8,13H,4-7H2,(H2,12,15);2*1H. The van der Waals surface area contributed by atoms with Crippen LogP contribution in [-0.4, -0.2) is 24.0 Å². The van der Waals surface area contributed by atoms with Crippen molar-refractivity contribution in [2.45, 2.75) is 18.8 Å². The predicted octanol–water partition coefficient (Wildman–Crippen LogP) is 1.49. The highest BCUT2D eigenvalue weighted by molar-refractivity contribution is 5.90. The van der Waals surface area contributed by atoms with Crippen molar-refractivity contribution >= 4 is 30.7 Å². The fraction of sp³-hybridized carbons (Fsp3) is 0.455. The van der Waals surface area contributed by atoms with Crippen LogP contribution in [0.1, 0.15) is 34.9 Å². The van der Waals surface area contributed by atoms with Crippen molar-refractivity contribution in [3.05, 3.63) is 29.6 Å². The number of hydrogen-bond donors (Lipinski definition) is 2. The van der Waals surface area contributed by atoms with Gasteiger partial charge >= 0.3 is 0 Å². The molecule has 0 spiro atoms. The zero-order valence-corrected chi connectivity index (χ0v) is 11.0. The molecule has 1 aromatic heterocycles. The van der Waals surface area contributed by atoms with E-state index in [0.29, 0.717) is 11.6 Å². The molecule has 0 saturated carbocycles. The Balaban J connectivity index is 0.00000128. The van der Waals surface area contributed by atoms with Gasteiger partial charge in [-0.15, -0.1) is 24.8 Å². The summed E-state index contributed by atoms with van der Waals surface area (Å²) >= 11 is 0. The maximum Gasteiger partial charge on any atom is 0.267 e. The first-order valence-electron chi connectivity index (χ1n) is 5.25. The highest BCUT2D eigenvalue weighted by Crippen LogP contribution is 2.23. The molecular formula is C11H17Cl2N3O. The largest absolute Gasteiger partial charge is 0.364 e. The summed E-state index contributed by atoms with van der Waals surface area (Å²) in [4.78, 5) is 15.3. The third kappa shape index (κ3) is 4.15. The van der Waals surface area contributed by atoms with Crippen molar-refractivity contribution < 1.29 is 4.79 Å². The van der Waals surface area contributed by atoms with Crippen molar-refractivity contribution in [3.63, 3.8) is 0 Å². The van der Waals surface area contributed by atoms with Gasteiger partial charge in [0.05, 0.1) is 0 Å². The molecule has 0 aliphatic carbocycles. The van der Waals surface area contributed by atoms with Gasteiger partial charge in [-0.05, 0) is 38.1 Å². The van der Waals surface area contributed by atoms with E-state index in [1.807, 2.05) is 12.1 Å². The number of nitrogens with two attached hydrogens (primary N) is 1. The van der Waals surface area contributed by atoms with Crippen molar-refractivity contribution in [1.29, 1.82) is 0 Å². The van der Waals surface area contributed by atoms with Gasteiger partial charge in [-0.25, -0.2) is 4.98 Å². The minimum absolute atomic E-state index is 0. The summed E-state index contributed by atoms with van der Waals surface area (Å²) in [5, 5.41) is 3.30. The summed E-state index contributed by atoms with van der Waals surface area (Å²) in [5.74, 6) is 0.0105. The van der Waals surface area contributed by atoms with Gasteiger partial charge in [-0.1, -0.05) is 6.07 Å². The molecule has 3 N–H and O–H groups in total. The molecule has 96 valence electrons. The SMILES string of the molecule is Cl.Cl.NC(=O)c1cccc(C2CCNCC2)n1. The molecule has 17 heavy (non-hydrogen) atoms. The third-order valence-electron chi connectivity index (χ3n) is 2.78. The topological polar surface area (TPSA) is 68.0 Å². The summed E-state index contributed by atoms with van der Waals surface area (Å²) in [5.41, 5.74) is 6.56. The van der Waals surface area contributed by atoms with Gasteiger partial charge in [-0.3, -0.25) is 4.79 Å². The second kappa shape index (κ2) is 7.48. The zero-order valence-electron chi connectivity index (χ0n) is 9.39. The van der Waals surface area contributed by atoms with Crippen LogP contribution in [0.15, 0.2) is 18.2 Å². The molecule has 0 unspecified atom stereocenters. The molecule has 1 aliphatic heterocycles. The molecule has 0 bridgehead atoms. The summed E-state index contributed by atoms with van der Waals surface area (Å²) in [6, 6.07) is 5.49. The minimum atomic E-state index is -0.453. The Morgan fingerprint density at radius 2 is 1.94 bits per heavy atom. The molecule has 1 aromatic rings. The summed E-state index contributed by atoms with van der Waals surface area (Å²) < 4.78 is 0. The molecule has 2 rings (SSSR count). The van der Waals surface area contributed by atoms with Crippen molar-refractivity contribution in [3.8, 4) is 0 Å². The maximum absolute atomic E-state index is 11.0. The van der Waals surface area contributed by atoms with E-state index in [-0.39, 0.29) is 24.8 Å². The van der Waals surface area contributed by atoms with Gasteiger partial charge in [0.2, 0.25) is 0 Å². The molecule has 0 radical (unpaired) electrons. The number of nitrogens with one attached hydrogen (secondary N) is 1. The third-order valence-corrected chi connectivity index (χ3v) is 2.78. The first-order chi connectivity index (χ1) is 7.27. The number of piperidine rings is 1. The summed E-state index contributed by atoms with van der Waals surface area (Å²) in [7, 11) is 0. The van der Waals surface area contributed by atoms with Crippen LogP contribution in [0.25, 0.3) is 0 Å². The Hall–Kier alpha value is -0.840. The quantitative estimate of drug-likeness (QED) is 0.861. The first-order valence-corrected chi connectivity index (χ1v) is 5.25. The molecule has 6 heteroatoms. The smallest absolute Gasteiger partial charge is 0.267 e. The molecule has 1 aliphatic rings. The fourth-order valence-corrected chi connectivity index (χ4v) is 1.93. The van der Waals surface area contributed by atoms with Gasteiger partial charge < -0.3 is 11.1 Å². The highest BCUT2D eigenvalue weighted by atomic mass is 35.5. The number of nitrogens with zero attached hydrogens (tertiary/aromatic N) is 1. The van der Waals surface area contributed by atoms with Gasteiger partial charge in [0, 0.05) is 11.6 Å². The van der Waals surface area contributed by atoms with E-state index in [2.05, 4.69) is 10.3 Å². The molecule has 1 amide bonds. The number of carbonyl (C=O) groups is 1. The number of hydrogen-bond acceptors (Lipinski definition) is 3. The van der Waals surface area contributed by atoms with Crippen molar-refractivity contribution in [1.82, 2.24) is 10.3 Å². The number of amides is 1. The van der Waals surface area contributed by atoms with E-state index < -0.39 is 5.91 Å². The van der Waals surface area contributed by atoms with E-state index in [0.717, 1.165) is 31.6 Å². The molecule has 2 heterocycles. The molecule has 1 saturated heterocycles. The van der Waals surface area contributed by atoms with Gasteiger partial charge in [0.25, 0.3) is 5.91 Å². The molecular weight excluding hydrogens is 261 g/mol. The highest BCUT2D eigenvalue weighted by Gasteiger charge is 2.17. The number of carbonyl (C=O) groups excluding carboxylic acids is 1. The van der Waals surface area contributed by atoms with Crippen LogP contribution in [0, 0.1) is 0 Å². The zero-order chi connectivity index (χ0) is 10.7. The maximum atomic E-state index is 11.0. The Morgan fingerprint density at radius 3 is 2.53 bits per heavy atom. The fourth-order valence-electron chi connectivity index (χ4n) is 1.93. The lowest BCUT2D eigenvalue weighted by molar-refractivity contribution is 0.0995. The van der Waals surface area contributed by atoms with E-state index in [1.54, 1.807) is 6.07 Å². The predicted molar refractivity (Wildman–Crippen MR) is 72.1 cm³/mol. The van der Waals surface area contributed by atoms with Crippen LogP contribution in [0.2, 0.25) is 0 Å². The Bertz CT molecular complexity index is 367. The average Bonchev–Trinajstić information content (AvgIpc) is 2.30. The van der Waals surface area contributed by atoms with Crippen LogP contribution >= 0.6 is 24.8 Å². The van der Waals surface area contributed by atoms with Gasteiger partial charge in [0.1, 0.15) is 5.69 Å². The molecule has 0 atom stereocenters. The average molecular weight is 278 g/mol. The Labute approximate surface area is 113 Å². The van der Waals surface area contributed by atoms with Gasteiger partial charge in [0.15, 0.2) is 0 Å². The molecule has 4 nitrogen and oxygen atoms in total. The van der Waals surface area contributed by atoms with Crippen molar-refractivity contribution in [2.24, 2.45) is 5.73 Å². The Kier molecular flexibility index (Phi) is 7.11. The normalized spacial score (nSPS) is 15.5. The lowest BCUT2D eigenvalue weighted by Gasteiger charge is -2.22. The second-order valence-corrected chi connectivity index (χ2v) is 3.84. The summed E-state index contributed by atoms with van der Waals surface area (Å²) in [6.45, 7) is 2.04. The molecule has 0 aromatic carbocycles. The van der Waals surface area contributed by atoms with E-state index in [4.69, 9.17) is 5.73 Å². The van der Waals surface area contributed by atoms with Crippen LogP contribution in [-0.2, 0) is 0 Å². The summed E-state index contributed by atoms with van der Waals surface area (Å²) in [6.07, 6.45) is 2.16. The van der Waals surface area contributed by atoms with E-state index in [9.17, 15) is 4.79 Å². The lowest BCUT2D eigenvalue weighted by Crippen LogP contribution is -2.27. The van der Waals surface area contributed by atoms with Crippen LogP contribution in [0.5, 0.6) is 0 Å². The van der Waals surface area contributed by atoms with Gasteiger partial charge in [-0.2, -0.15) is 0 Å². The number of rotatable bonds is 2. The van der Waals surface area contributed by atoms with E-state index >= 15 is 0 Å². The number of aromatic nitrogens is 1. The molecule has 1 fully saturated rings. The van der Waals surface area contributed by atoms with E-state index in [1.165, 1.54) is 0 Å². The van der Waals surface area contributed by atoms with Crippen LogP contribution < -0.4 is 11.1 Å². The monoisotopic (exact) mass is 277 g/mol. The first kappa shape index (κ1) is 16.2. The number of halogens is 2.